The third kappa shape index (κ3) is 3.71. The monoisotopic (exact) mass is 372 g/mol. The summed E-state index contributed by atoms with van der Waals surface area (Å²) in [5, 5.41) is 0. The summed E-state index contributed by atoms with van der Waals surface area (Å²) in [6, 6.07) is 0. The van der Waals surface area contributed by atoms with E-state index in [4.69, 9.17) is 0 Å². The predicted octanol–water partition coefficient (Wildman–Crippen LogP) is 4.26. The van der Waals surface area contributed by atoms with Crippen molar-refractivity contribution in [2.45, 2.75) is 36.8 Å². The number of halogens is 11. The molecule has 0 aliphatic carbocycles. The first-order valence-electron chi connectivity index (χ1n) is 5.33. The van der Waals surface area contributed by atoms with Crippen LogP contribution in [-0.4, -0.2) is 49.2 Å². The van der Waals surface area contributed by atoms with Gasteiger partial charge in [0.2, 0.25) is 0 Å². The van der Waals surface area contributed by atoms with Gasteiger partial charge in [-0.3, -0.25) is 0 Å². The molecule has 14 heteroatoms. The van der Waals surface area contributed by atoms with Crippen molar-refractivity contribution in [1.29, 1.82) is 0 Å². The lowest BCUT2D eigenvalue weighted by Gasteiger charge is -2.36. The Labute approximate surface area is 120 Å². The van der Waals surface area contributed by atoms with E-state index in [1.54, 1.807) is 0 Å². The molecule has 0 aromatic heterocycles. The van der Waals surface area contributed by atoms with E-state index in [9.17, 15) is 53.1 Å². The van der Waals surface area contributed by atoms with Crippen LogP contribution in [0.1, 0.15) is 6.92 Å². The molecule has 23 heavy (non-hydrogen) atoms. The Morgan fingerprint density at radius 2 is 1.17 bits per heavy atom. The molecular formula is C9H7F11O3. The highest BCUT2D eigenvalue weighted by atomic mass is 19.4. The molecule has 0 bridgehead atoms. The first-order valence-corrected chi connectivity index (χ1v) is 5.33. The highest BCUT2D eigenvalue weighted by molar-refractivity contribution is 5.59. The minimum atomic E-state index is -7.53. The molecule has 0 spiro atoms. The van der Waals surface area contributed by atoms with E-state index in [1.807, 2.05) is 0 Å². The molecule has 0 aromatic carbocycles. The molecule has 0 N–H and O–H groups in total. The van der Waals surface area contributed by atoms with Crippen LogP contribution in [0.25, 0.3) is 0 Å². The maximum absolute atomic E-state index is 13.0. The lowest BCUT2D eigenvalue weighted by atomic mass is 9.98. The largest absolute Gasteiger partial charge is 0.508 e. The third-order valence-corrected chi connectivity index (χ3v) is 2.24. The number of rotatable bonds is 6. The molecule has 0 radical (unpaired) electrons. The minimum Gasteiger partial charge on any atom is -0.435 e. The Morgan fingerprint density at radius 1 is 0.739 bits per heavy atom. The molecule has 0 unspecified atom stereocenters. The summed E-state index contributed by atoms with van der Waals surface area (Å²) in [5.74, 6) is -28.5. The minimum absolute atomic E-state index is 0.511. The van der Waals surface area contributed by atoms with Gasteiger partial charge in [-0.25, -0.2) is 4.79 Å². The Bertz CT molecular complexity index is 429. The lowest BCUT2D eigenvalue weighted by molar-refractivity contribution is -0.423. The molecule has 0 amide bonds. The third-order valence-electron chi connectivity index (χ3n) is 2.24. The summed E-state index contributed by atoms with van der Waals surface area (Å²) in [5.41, 5.74) is 0. The van der Waals surface area contributed by atoms with Crippen molar-refractivity contribution in [3.63, 3.8) is 0 Å². The van der Waals surface area contributed by atoms with Gasteiger partial charge < -0.3 is 9.47 Å². The van der Waals surface area contributed by atoms with Crippen LogP contribution in [0.4, 0.5) is 53.1 Å². The van der Waals surface area contributed by atoms with Gasteiger partial charge in [-0.2, -0.15) is 48.3 Å². The van der Waals surface area contributed by atoms with E-state index in [-0.39, 0.29) is 0 Å². The fourth-order valence-corrected chi connectivity index (χ4v) is 1.00. The smallest absolute Gasteiger partial charge is 0.435 e. The highest BCUT2D eigenvalue weighted by Gasteiger charge is 2.87. The number of alkyl halides is 11. The van der Waals surface area contributed by atoms with E-state index in [1.165, 1.54) is 0 Å². The van der Waals surface area contributed by atoms with Crippen molar-refractivity contribution in [3.05, 3.63) is 0 Å². The van der Waals surface area contributed by atoms with E-state index < -0.39 is 49.2 Å². The van der Waals surface area contributed by atoms with Crippen molar-refractivity contribution in [3.8, 4) is 0 Å². The van der Waals surface area contributed by atoms with Crippen LogP contribution in [0, 0.1) is 0 Å². The van der Waals surface area contributed by atoms with Crippen LogP contribution in [0.5, 0.6) is 0 Å². The Morgan fingerprint density at radius 3 is 1.52 bits per heavy atom. The molecule has 0 fully saturated rings. The molecular weight excluding hydrogens is 365 g/mol. The van der Waals surface area contributed by atoms with Gasteiger partial charge in [0.05, 0.1) is 6.61 Å². The molecule has 0 atom stereocenters. The summed E-state index contributed by atoms with van der Waals surface area (Å²) >= 11 is 0. The number of ether oxygens (including phenoxy) is 2. The zero-order valence-corrected chi connectivity index (χ0v) is 10.8. The molecule has 0 aliphatic rings. The SMILES string of the molecule is CCOC(=O)OCC(F)(F)C(F)(F)C(F)(F)C(F)(F)C(F)(F)F. The molecule has 0 heterocycles. The van der Waals surface area contributed by atoms with Gasteiger partial charge in [0.1, 0.15) is 0 Å². The summed E-state index contributed by atoms with van der Waals surface area (Å²) in [7, 11) is 0. The quantitative estimate of drug-likeness (QED) is 0.516. The van der Waals surface area contributed by atoms with Gasteiger partial charge in [-0.15, -0.1) is 0 Å². The number of hydrogen-bond donors (Lipinski definition) is 0. The summed E-state index contributed by atoms with van der Waals surface area (Å²) < 4.78 is 144. The Hall–Kier alpha value is -1.50. The van der Waals surface area contributed by atoms with Crippen molar-refractivity contribution in [2.75, 3.05) is 13.2 Å². The summed E-state index contributed by atoms with van der Waals surface area (Å²) in [4.78, 5) is 10.5. The standard InChI is InChI=1S/C9H7F11O3/c1-2-22-4(21)23-3-5(10,11)6(12,13)7(14,15)8(16,17)9(18,19)20/h2-3H2,1H3. The van der Waals surface area contributed by atoms with E-state index in [2.05, 4.69) is 9.47 Å². The lowest BCUT2D eigenvalue weighted by Crippen LogP contribution is -2.67. The second-order valence-corrected chi connectivity index (χ2v) is 3.90. The van der Waals surface area contributed by atoms with Crippen LogP contribution < -0.4 is 0 Å². The van der Waals surface area contributed by atoms with Gasteiger partial charge in [-0.1, -0.05) is 0 Å². The first-order chi connectivity index (χ1) is 9.95. The number of carbonyl (C=O) groups excluding carboxylic acids is 1. The maximum atomic E-state index is 13.0. The van der Waals surface area contributed by atoms with Crippen LogP contribution in [0.2, 0.25) is 0 Å². The fraction of sp³-hybridized carbons (Fsp3) is 0.889. The van der Waals surface area contributed by atoms with E-state index in [0.717, 1.165) is 6.92 Å². The van der Waals surface area contributed by atoms with E-state index >= 15 is 0 Å². The zero-order chi connectivity index (χ0) is 18.9. The van der Waals surface area contributed by atoms with Gasteiger partial charge in [0.15, 0.2) is 6.61 Å². The maximum Gasteiger partial charge on any atom is 0.508 e. The van der Waals surface area contributed by atoms with Crippen molar-refractivity contribution in [2.24, 2.45) is 0 Å². The highest BCUT2D eigenvalue weighted by Crippen LogP contribution is 2.57. The molecule has 0 aliphatic heterocycles. The first kappa shape index (κ1) is 21.5. The molecule has 0 rings (SSSR count). The van der Waals surface area contributed by atoms with Gasteiger partial charge in [0, 0.05) is 0 Å². The van der Waals surface area contributed by atoms with Gasteiger partial charge >= 0.3 is 36.0 Å². The van der Waals surface area contributed by atoms with Crippen LogP contribution >= 0.6 is 0 Å². The van der Waals surface area contributed by atoms with Crippen molar-refractivity contribution >= 4 is 6.16 Å². The van der Waals surface area contributed by atoms with Gasteiger partial charge in [-0.05, 0) is 6.92 Å². The van der Waals surface area contributed by atoms with Crippen molar-refractivity contribution in [1.82, 2.24) is 0 Å². The Balaban J connectivity index is 5.54. The van der Waals surface area contributed by atoms with Crippen molar-refractivity contribution < 1.29 is 62.6 Å². The second-order valence-electron chi connectivity index (χ2n) is 3.90. The molecule has 0 saturated heterocycles. The summed E-state index contributed by atoms with van der Waals surface area (Å²) in [6.07, 6.45) is -9.29. The second kappa shape index (κ2) is 6.19. The fourth-order valence-electron chi connectivity index (χ4n) is 1.00. The zero-order valence-electron chi connectivity index (χ0n) is 10.8. The van der Waals surface area contributed by atoms with Gasteiger partial charge in [0.25, 0.3) is 0 Å². The number of hydrogen-bond acceptors (Lipinski definition) is 3. The summed E-state index contributed by atoms with van der Waals surface area (Å²) in [6.45, 7) is -2.32. The molecule has 138 valence electrons. The average Bonchev–Trinajstić information content (AvgIpc) is 2.34. The predicted molar refractivity (Wildman–Crippen MR) is 48.8 cm³/mol. The molecule has 0 saturated carbocycles. The van der Waals surface area contributed by atoms with Crippen LogP contribution in [0.3, 0.4) is 0 Å². The van der Waals surface area contributed by atoms with E-state index in [0.29, 0.717) is 0 Å². The average molecular weight is 372 g/mol. The number of carbonyl (C=O) groups is 1. The van der Waals surface area contributed by atoms with Crippen LogP contribution in [0.15, 0.2) is 0 Å². The molecule has 3 nitrogen and oxygen atoms in total. The normalized spacial score (nSPS) is 14.6. The Kier molecular flexibility index (Phi) is 5.78. The van der Waals surface area contributed by atoms with Crippen LogP contribution in [-0.2, 0) is 9.47 Å². The molecule has 0 aromatic rings. The topological polar surface area (TPSA) is 35.5 Å².